The highest BCUT2D eigenvalue weighted by Crippen LogP contribution is 2.25. The highest BCUT2D eigenvalue weighted by atomic mass is 35.5. The van der Waals surface area contributed by atoms with Crippen molar-refractivity contribution in [2.24, 2.45) is 0 Å². The minimum atomic E-state index is -4.12. The van der Waals surface area contributed by atoms with E-state index in [4.69, 9.17) is 23.2 Å². The monoisotopic (exact) mass is 493 g/mol. The maximum absolute atomic E-state index is 12.9. The molecule has 1 atom stereocenters. The van der Waals surface area contributed by atoms with Crippen LogP contribution >= 0.6 is 23.2 Å². The summed E-state index contributed by atoms with van der Waals surface area (Å²) < 4.78 is 28.1. The van der Waals surface area contributed by atoms with Gasteiger partial charge in [0.15, 0.2) is 0 Å². The molecule has 2 amide bonds. The average Bonchev–Trinajstić information content (AvgIpc) is 2.73. The fraction of sp³-hybridized carbons (Fsp3) is 0.619. The molecule has 31 heavy (non-hydrogen) atoms. The van der Waals surface area contributed by atoms with E-state index in [0.717, 1.165) is 38.5 Å². The van der Waals surface area contributed by atoms with E-state index in [1.165, 1.54) is 18.2 Å². The third kappa shape index (κ3) is 10.7. The van der Waals surface area contributed by atoms with Gasteiger partial charge in [-0.3, -0.25) is 9.59 Å². The summed E-state index contributed by atoms with van der Waals surface area (Å²) in [7, 11) is -4.12. The summed E-state index contributed by atoms with van der Waals surface area (Å²) >= 11 is 11.9. The Hall–Kier alpha value is -1.35. The third-order valence-electron chi connectivity index (χ3n) is 4.64. The smallest absolute Gasteiger partial charge is 0.242 e. The van der Waals surface area contributed by atoms with Crippen LogP contribution in [0.3, 0.4) is 0 Å². The molecule has 7 nitrogen and oxygen atoms in total. The van der Waals surface area contributed by atoms with Crippen LogP contribution in [0.2, 0.25) is 10.0 Å². The fourth-order valence-corrected chi connectivity index (χ4v) is 4.85. The Kier molecular flexibility index (Phi) is 13.1. The molecule has 0 aliphatic heterocycles. The first-order valence-electron chi connectivity index (χ1n) is 10.7. The second kappa shape index (κ2) is 14.7. The largest absolute Gasteiger partial charge is 0.356 e. The van der Waals surface area contributed by atoms with Crippen LogP contribution in [0.1, 0.15) is 65.2 Å². The number of unbranched alkanes of at least 4 members (excludes halogenated alkanes) is 4. The molecule has 176 valence electrons. The SMILES string of the molecule is CCCCCNC(=O)CC[C@H](NS(=O)(=O)c1cc(Cl)ccc1Cl)C(=O)NCCCCC. The van der Waals surface area contributed by atoms with Gasteiger partial charge in [-0.05, 0) is 37.5 Å². The van der Waals surface area contributed by atoms with Crippen molar-refractivity contribution in [2.45, 2.75) is 76.2 Å². The molecule has 10 heteroatoms. The van der Waals surface area contributed by atoms with Gasteiger partial charge in [0.25, 0.3) is 0 Å². The highest BCUT2D eigenvalue weighted by Gasteiger charge is 2.27. The Balaban J connectivity index is 2.85. The molecule has 0 bridgehead atoms. The first-order chi connectivity index (χ1) is 14.7. The van der Waals surface area contributed by atoms with E-state index in [2.05, 4.69) is 22.3 Å². The fourth-order valence-electron chi connectivity index (χ4n) is 2.85. The van der Waals surface area contributed by atoms with Crippen molar-refractivity contribution in [3.63, 3.8) is 0 Å². The number of hydrogen-bond acceptors (Lipinski definition) is 4. The van der Waals surface area contributed by atoms with Gasteiger partial charge in [0.1, 0.15) is 10.9 Å². The lowest BCUT2D eigenvalue weighted by molar-refractivity contribution is -0.123. The number of benzene rings is 1. The molecule has 0 saturated carbocycles. The summed E-state index contributed by atoms with van der Waals surface area (Å²) in [4.78, 5) is 24.5. The minimum absolute atomic E-state index is 0.00679. The number of halogens is 2. The van der Waals surface area contributed by atoms with Crippen molar-refractivity contribution in [1.29, 1.82) is 0 Å². The van der Waals surface area contributed by atoms with Crippen LogP contribution in [0.25, 0.3) is 0 Å². The molecule has 0 saturated heterocycles. The number of nitrogens with one attached hydrogen (secondary N) is 3. The van der Waals surface area contributed by atoms with Gasteiger partial charge in [-0.15, -0.1) is 0 Å². The van der Waals surface area contributed by atoms with Crippen LogP contribution in [0.4, 0.5) is 0 Å². The van der Waals surface area contributed by atoms with Crippen LogP contribution in [0.5, 0.6) is 0 Å². The first-order valence-corrected chi connectivity index (χ1v) is 13.0. The van der Waals surface area contributed by atoms with Crippen LogP contribution in [-0.2, 0) is 19.6 Å². The maximum atomic E-state index is 12.9. The first kappa shape index (κ1) is 27.7. The normalized spacial score (nSPS) is 12.4. The van der Waals surface area contributed by atoms with Crippen LogP contribution in [-0.4, -0.2) is 39.4 Å². The zero-order valence-corrected chi connectivity index (χ0v) is 20.5. The number of hydrogen-bond donors (Lipinski definition) is 3. The Morgan fingerprint density at radius 3 is 2.19 bits per heavy atom. The molecular formula is C21H33Cl2N3O4S. The molecule has 0 unspecified atom stereocenters. The number of rotatable bonds is 15. The molecule has 3 N–H and O–H groups in total. The molecule has 0 heterocycles. The molecular weight excluding hydrogens is 461 g/mol. The van der Waals surface area contributed by atoms with Gasteiger partial charge in [-0.1, -0.05) is 62.7 Å². The lowest BCUT2D eigenvalue weighted by Crippen LogP contribution is -2.47. The number of amides is 2. The topological polar surface area (TPSA) is 104 Å². The highest BCUT2D eigenvalue weighted by molar-refractivity contribution is 7.89. The van der Waals surface area contributed by atoms with Gasteiger partial charge >= 0.3 is 0 Å². The van der Waals surface area contributed by atoms with E-state index in [9.17, 15) is 18.0 Å². The predicted octanol–water partition coefficient (Wildman–Crippen LogP) is 4.03. The van der Waals surface area contributed by atoms with E-state index < -0.39 is 22.0 Å². The Bertz CT molecular complexity index is 819. The van der Waals surface area contributed by atoms with Crippen molar-refractivity contribution >= 4 is 45.0 Å². The molecule has 1 aromatic rings. The molecule has 1 rings (SSSR count). The van der Waals surface area contributed by atoms with Crippen molar-refractivity contribution in [3.8, 4) is 0 Å². The molecule has 0 spiro atoms. The van der Waals surface area contributed by atoms with Gasteiger partial charge < -0.3 is 10.6 Å². The Labute approximate surface area is 195 Å². The second-order valence-electron chi connectivity index (χ2n) is 7.34. The summed E-state index contributed by atoms with van der Waals surface area (Å²) in [6.07, 6.45) is 5.73. The van der Waals surface area contributed by atoms with E-state index in [1.807, 2.05) is 6.92 Å². The second-order valence-corrected chi connectivity index (χ2v) is 9.87. The number of carbonyl (C=O) groups excluding carboxylic acids is 2. The van der Waals surface area contributed by atoms with Crippen LogP contribution < -0.4 is 15.4 Å². The average molecular weight is 494 g/mol. The zero-order chi connectivity index (χ0) is 23.3. The quantitative estimate of drug-likeness (QED) is 0.320. The van der Waals surface area contributed by atoms with Gasteiger partial charge in [0.05, 0.1) is 5.02 Å². The van der Waals surface area contributed by atoms with E-state index in [1.54, 1.807) is 0 Å². The Morgan fingerprint density at radius 2 is 1.58 bits per heavy atom. The summed E-state index contributed by atoms with van der Waals surface area (Å²) in [5.41, 5.74) is 0. The summed E-state index contributed by atoms with van der Waals surface area (Å²) in [5, 5.41) is 5.74. The lowest BCUT2D eigenvalue weighted by Gasteiger charge is -2.19. The van der Waals surface area contributed by atoms with Gasteiger partial charge in [-0.2, -0.15) is 4.72 Å². The van der Waals surface area contributed by atoms with Crippen molar-refractivity contribution < 1.29 is 18.0 Å². The summed E-state index contributed by atoms with van der Waals surface area (Å²) in [5.74, 6) is -0.698. The van der Waals surface area contributed by atoms with Gasteiger partial charge in [0.2, 0.25) is 21.8 Å². The molecule has 0 radical (unpaired) electrons. The van der Waals surface area contributed by atoms with Gasteiger partial charge in [-0.25, -0.2) is 8.42 Å². The molecule has 0 fully saturated rings. The lowest BCUT2D eigenvalue weighted by atomic mass is 10.1. The Morgan fingerprint density at radius 1 is 0.968 bits per heavy atom. The number of carbonyl (C=O) groups is 2. The minimum Gasteiger partial charge on any atom is -0.356 e. The standard InChI is InChI=1S/C21H33Cl2N3O4S/c1-3-5-7-13-24-20(27)12-11-18(21(28)25-14-8-6-4-2)26-31(29,30)19-15-16(22)9-10-17(19)23/h9-10,15,18,26H,3-8,11-14H2,1-2H3,(H,24,27)(H,25,28)/t18-/m0/s1. The van der Waals surface area contributed by atoms with E-state index in [0.29, 0.717) is 13.1 Å². The van der Waals surface area contributed by atoms with Crippen molar-refractivity contribution in [3.05, 3.63) is 28.2 Å². The third-order valence-corrected chi connectivity index (χ3v) is 6.83. The number of sulfonamides is 1. The molecule has 1 aromatic carbocycles. The maximum Gasteiger partial charge on any atom is 0.242 e. The molecule has 0 aliphatic rings. The molecule has 0 aromatic heterocycles. The predicted molar refractivity (Wildman–Crippen MR) is 125 cm³/mol. The summed E-state index contributed by atoms with van der Waals surface area (Å²) in [6, 6.07) is 2.97. The van der Waals surface area contributed by atoms with E-state index in [-0.39, 0.29) is 33.7 Å². The van der Waals surface area contributed by atoms with Crippen LogP contribution in [0.15, 0.2) is 23.1 Å². The zero-order valence-electron chi connectivity index (χ0n) is 18.2. The van der Waals surface area contributed by atoms with Gasteiger partial charge in [0, 0.05) is 24.5 Å². The van der Waals surface area contributed by atoms with Crippen LogP contribution in [0, 0.1) is 0 Å². The van der Waals surface area contributed by atoms with Crippen molar-refractivity contribution in [2.75, 3.05) is 13.1 Å². The van der Waals surface area contributed by atoms with E-state index >= 15 is 0 Å². The van der Waals surface area contributed by atoms with Crippen molar-refractivity contribution in [1.82, 2.24) is 15.4 Å². The molecule has 0 aliphatic carbocycles. The summed E-state index contributed by atoms with van der Waals surface area (Å²) in [6.45, 7) is 5.12.